The molecule has 0 spiro atoms. The van der Waals surface area contributed by atoms with E-state index in [1.165, 1.54) is 10.9 Å². The topological polar surface area (TPSA) is 205 Å². The lowest BCUT2D eigenvalue weighted by Crippen LogP contribution is -2.34. The highest BCUT2D eigenvalue weighted by Gasteiger charge is 2.46. The lowest BCUT2D eigenvalue weighted by atomic mass is 9.79. The summed E-state index contributed by atoms with van der Waals surface area (Å²) in [6.45, 7) is 25.9. The third-order valence-electron chi connectivity index (χ3n) is 18.4. The second kappa shape index (κ2) is 28.0. The Hall–Kier alpha value is -8.74. The average Bonchev–Trinajstić information content (AvgIpc) is 1.58. The summed E-state index contributed by atoms with van der Waals surface area (Å²) in [5.74, 6) is 0.574. The first kappa shape index (κ1) is 64.8. The number of hydrogen-bond donors (Lipinski definition) is 3. The van der Waals surface area contributed by atoms with Gasteiger partial charge in [-0.05, 0) is 159 Å². The number of carbonyl (C=O) groups is 3. The van der Waals surface area contributed by atoms with E-state index in [1.807, 2.05) is 35.2 Å². The summed E-state index contributed by atoms with van der Waals surface area (Å²) >= 11 is 0. The number of hydrogen-bond acceptors (Lipinski definition) is 12. The first-order chi connectivity index (χ1) is 44.3. The van der Waals surface area contributed by atoms with E-state index in [0.717, 1.165) is 104 Å². The zero-order valence-electron chi connectivity index (χ0n) is 53.3. The Morgan fingerprint density at radius 3 is 2.36 bits per heavy atom. The fourth-order valence-corrected chi connectivity index (χ4v) is 14.2. The normalized spacial score (nSPS) is 16.8. The van der Waals surface area contributed by atoms with E-state index in [2.05, 4.69) is 143 Å². The van der Waals surface area contributed by atoms with Crippen LogP contribution in [-0.2, 0) is 45.1 Å². The highest BCUT2D eigenvalue weighted by atomic mass is 32.2. The van der Waals surface area contributed by atoms with Gasteiger partial charge in [0.25, 0.3) is 5.91 Å². The van der Waals surface area contributed by atoms with Crippen molar-refractivity contribution in [2.24, 2.45) is 0 Å². The second-order valence-electron chi connectivity index (χ2n) is 25.3. The molecule has 4 aliphatic rings. The van der Waals surface area contributed by atoms with Gasteiger partial charge in [-0.1, -0.05) is 87.0 Å². The predicted octanol–water partition coefficient (Wildman–Crippen LogP) is 12.0. The van der Waals surface area contributed by atoms with Crippen molar-refractivity contribution in [3.63, 3.8) is 0 Å². The van der Waals surface area contributed by atoms with Gasteiger partial charge < -0.3 is 39.9 Å². The zero-order chi connectivity index (χ0) is 64.7. The number of nitrogens with zero attached hydrogens (tertiary/aromatic N) is 7. The molecule has 1 fully saturated rings. The van der Waals surface area contributed by atoms with E-state index in [-0.39, 0.29) is 24.3 Å². The third kappa shape index (κ3) is 14.0. The number of aromatic nitrogens is 3. The van der Waals surface area contributed by atoms with Gasteiger partial charge in [0, 0.05) is 129 Å². The minimum Gasteiger partial charge on any atom is -0.748 e. The molecule has 3 N–H and O–H groups in total. The summed E-state index contributed by atoms with van der Waals surface area (Å²) in [5, 5.41) is 14.2. The summed E-state index contributed by atoms with van der Waals surface area (Å²) in [4.78, 5) is 60.5. The summed E-state index contributed by atoms with van der Waals surface area (Å²) in [6, 6.07) is 33.8. The number of anilines is 2. The molecule has 3 aromatic heterocycles. The van der Waals surface area contributed by atoms with Crippen LogP contribution in [0, 0.1) is 13.8 Å². The lowest BCUT2D eigenvalue weighted by Gasteiger charge is -2.27. The smallest absolute Gasteiger partial charge is 0.320 e. The van der Waals surface area contributed by atoms with E-state index in [0.29, 0.717) is 101 Å². The number of pyridine rings is 3. The van der Waals surface area contributed by atoms with Gasteiger partial charge in [0.15, 0.2) is 5.71 Å². The van der Waals surface area contributed by atoms with Crippen LogP contribution >= 0.6 is 0 Å². The van der Waals surface area contributed by atoms with E-state index in [4.69, 9.17) is 28.6 Å². The molecule has 0 bridgehead atoms. The van der Waals surface area contributed by atoms with Gasteiger partial charge >= 0.3 is 6.03 Å². The first-order valence-corrected chi connectivity index (χ1v) is 33.7. The molecule has 4 radical (unpaired) electrons. The molecule has 17 nitrogen and oxygen atoms in total. The number of carbonyl (C=O) groups excluding carboxylic acids is 3. The number of allylic oxidation sites excluding steroid dienone is 6. The molecule has 4 aromatic carbocycles. The maximum absolute atomic E-state index is 13.7. The maximum Gasteiger partial charge on any atom is 0.320 e. The third-order valence-corrected chi connectivity index (χ3v) is 19.2. The number of rotatable bonds is 26. The van der Waals surface area contributed by atoms with Gasteiger partial charge in [-0.15, -0.1) is 0 Å². The zero-order valence-corrected chi connectivity index (χ0v) is 54.2. The molecule has 18 heteroatoms. The van der Waals surface area contributed by atoms with Crippen molar-refractivity contribution in [2.45, 2.75) is 115 Å². The Morgan fingerprint density at radius 2 is 1.63 bits per heavy atom. The van der Waals surface area contributed by atoms with Crippen molar-refractivity contribution in [3.8, 4) is 5.88 Å². The molecule has 92 heavy (non-hydrogen) atoms. The van der Waals surface area contributed by atoms with Crippen molar-refractivity contribution in [1.82, 2.24) is 35.4 Å². The van der Waals surface area contributed by atoms with E-state index < -0.39 is 32.7 Å². The van der Waals surface area contributed by atoms with Crippen molar-refractivity contribution >= 4 is 78.0 Å². The van der Waals surface area contributed by atoms with Crippen LogP contribution in [0.3, 0.4) is 0 Å². The number of urea groups is 1. The molecule has 7 heterocycles. The van der Waals surface area contributed by atoms with Crippen LogP contribution in [0.4, 0.5) is 22.0 Å². The SMILES string of the molecule is [CH]CCN1/C(=C/C=C(/C=C/C2=[N+](CCCS(=O)(=O)[O-])c3ccc4ccccc4c3C2(C)C)c2ccc(C(=O)NCCCCCC(=O)NCc3cc4c(nc3CCCN3CCN([C@@H]([CH])c5ccc(OC)nc5)C3=O)NCCC4)cn2)C(C)(C)c2c1ccc1ccccc21. The van der Waals surface area contributed by atoms with Gasteiger partial charge in [0.2, 0.25) is 17.5 Å². The summed E-state index contributed by atoms with van der Waals surface area (Å²) in [6.07, 6.45) is 17.8. The summed E-state index contributed by atoms with van der Waals surface area (Å²) in [5.41, 5.74) is 11.0. The van der Waals surface area contributed by atoms with Crippen LogP contribution in [0.5, 0.6) is 5.88 Å². The van der Waals surface area contributed by atoms with Gasteiger partial charge in [-0.2, -0.15) is 4.58 Å². The summed E-state index contributed by atoms with van der Waals surface area (Å²) < 4.78 is 43.1. The van der Waals surface area contributed by atoms with Crippen LogP contribution in [-0.4, -0.2) is 125 Å². The van der Waals surface area contributed by atoms with Crippen LogP contribution in [0.25, 0.3) is 27.1 Å². The molecule has 476 valence electrons. The lowest BCUT2D eigenvalue weighted by molar-refractivity contribution is -0.437. The number of ether oxygens (including phenoxy) is 1. The monoisotopic (exact) mass is 1250 g/mol. The average molecular weight is 1260 g/mol. The standard InChI is InChI=1S/C74H82N10O7S/c1-8-40-83-62-33-27-51-19-11-13-22-58(51)68(62)73(3,4)64(83)35-29-53(30-36-65-74(5,6)69-59-23-14-12-20-52(59)28-34-63(69)84(65)42-18-45-92(88,89)90)60-32-26-56(48-77-60)71(86)76-38-15-9-10-25-66(85)78-49-57-46-54-21-16-39-75-70(54)80-61(57)24-17-41-81-43-44-82(72(81)87)50(2)55-31-37-67(91-7)79-47-55/h1-2,11-14,19-20,22-23,26-37,46-48,50H,8-10,15-18,21,24-25,38-45,49H2,3-7H3,(H3-,75,76,78,80,85,86,88,89,90)/t50-/m0/s1. The molecule has 4 aliphatic heterocycles. The van der Waals surface area contributed by atoms with Gasteiger partial charge in [-0.25, -0.2) is 23.2 Å². The largest absolute Gasteiger partial charge is 0.748 e. The Balaban J connectivity index is 0.739. The number of fused-ring (bicyclic) bond motifs is 7. The van der Waals surface area contributed by atoms with Crippen molar-refractivity contribution in [1.29, 1.82) is 0 Å². The molecule has 4 amide bonds. The van der Waals surface area contributed by atoms with Gasteiger partial charge in [-0.3, -0.25) is 14.6 Å². The number of benzene rings is 4. The number of amides is 4. The molecule has 1 saturated heterocycles. The summed E-state index contributed by atoms with van der Waals surface area (Å²) in [7, 11) is -2.89. The van der Waals surface area contributed by atoms with Gasteiger partial charge in [0.05, 0.1) is 39.9 Å². The molecule has 7 aromatic rings. The molecular formula is C74H82N10O7S. The molecule has 0 unspecified atom stereocenters. The maximum atomic E-state index is 13.7. The predicted molar refractivity (Wildman–Crippen MR) is 362 cm³/mol. The fraction of sp³-hybridized carbons (Fsp3) is 0.365. The Morgan fingerprint density at radius 1 is 0.859 bits per heavy atom. The number of methoxy groups -OCH3 is 1. The molecule has 0 aliphatic carbocycles. The highest BCUT2D eigenvalue weighted by Crippen LogP contribution is 2.51. The van der Waals surface area contributed by atoms with Crippen LogP contribution in [0.15, 0.2) is 146 Å². The van der Waals surface area contributed by atoms with Crippen LogP contribution in [0.1, 0.15) is 135 Å². The molecule has 1 atom stereocenters. The Kier molecular flexibility index (Phi) is 19.7. The Bertz CT molecular complexity index is 4160. The molecular weight excluding hydrogens is 1170 g/mol. The molecule has 11 rings (SSSR count). The quantitative estimate of drug-likeness (QED) is 0.0200. The van der Waals surface area contributed by atoms with E-state index in [9.17, 15) is 27.4 Å². The van der Waals surface area contributed by atoms with Crippen LogP contribution in [0.2, 0.25) is 0 Å². The highest BCUT2D eigenvalue weighted by molar-refractivity contribution is 7.85. The van der Waals surface area contributed by atoms with Crippen LogP contribution < -0.4 is 25.6 Å². The fourth-order valence-electron chi connectivity index (χ4n) is 13.7. The van der Waals surface area contributed by atoms with E-state index >= 15 is 0 Å². The molecule has 0 saturated carbocycles. The van der Waals surface area contributed by atoms with Crippen molar-refractivity contribution in [3.05, 3.63) is 204 Å². The second-order valence-corrected chi connectivity index (χ2v) is 26.8. The number of unbranched alkanes of at least 4 members (excludes halogenated alkanes) is 2. The van der Waals surface area contributed by atoms with E-state index in [1.54, 1.807) is 36.5 Å². The minimum absolute atomic E-state index is 0.0544. The van der Waals surface area contributed by atoms with Gasteiger partial charge in [0.1, 0.15) is 12.4 Å². The Labute approximate surface area is 541 Å². The minimum atomic E-state index is -4.44. The number of nitrogens with one attached hydrogen (secondary N) is 3. The first-order valence-electron chi connectivity index (χ1n) is 32.1. The number of aryl methyl sites for hydroxylation is 2. The van der Waals surface area contributed by atoms with Crippen molar-refractivity contribution < 1.29 is 36.7 Å². The van der Waals surface area contributed by atoms with Crippen molar-refractivity contribution in [2.75, 3.05) is 68.9 Å².